The number of hydrogen-bond acceptors (Lipinski definition) is 3. The van der Waals surface area contributed by atoms with Gasteiger partial charge in [0.15, 0.2) is 0 Å². The molecule has 0 fully saturated rings. The van der Waals surface area contributed by atoms with Crippen molar-refractivity contribution in [2.75, 3.05) is 6.61 Å². The van der Waals surface area contributed by atoms with Crippen molar-refractivity contribution in [1.29, 1.82) is 0 Å². The molecule has 0 aliphatic carbocycles. The number of amides is 1. The lowest BCUT2D eigenvalue weighted by Gasteiger charge is -2.22. The third-order valence-corrected chi connectivity index (χ3v) is 1.31. The number of ether oxygens (including phenoxy) is 1. The molecule has 1 amide bonds. The van der Waals surface area contributed by atoms with E-state index in [1.807, 2.05) is 0 Å². The molecule has 0 spiro atoms. The van der Waals surface area contributed by atoms with Crippen LogP contribution in [0.3, 0.4) is 0 Å². The lowest BCUT2D eigenvalue weighted by Crippen LogP contribution is -2.33. The predicted octanol–water partition coefficient (Wildman–Crippen LogP) is 0.845. The molecule has 0 unspecified atom stereocenters. The van der Waals surface area contributed by atoms with Crippen LogP contribution in [0.4, 0.5) is 4.79 Å². The van der Waals surface area contributed by atoms with Crippen molar-refractivity contribution < 1.29 is 9.53 Å². The van der Waals surface area contributed by atoms with Gasteiger partial charge in [0.25, 0.3) is 0 Å². The average Bonchev–Trinajstić information content (AvgIpc) is 1.79. The third-order valence-electron chi connectivity index (χ3n) is 1.31. The largest absolute Gasteiger partial charge is 0.448 e. The molecule has 0 saturated carbocycles. The van der Waals surface area contributed by atoms with Gasteiger partial charge in [-0.1, -0.05) is 20.8 Å². The lowest BCUT2D eigenvalue weighted by molar-refractivity contribution is 0.141. The zero-order chi connectivity index (χ0) is 9.78. The Morgan fingerprint density at radius 3 is 2.33 bits per heavy atom. The van der Waals surface area contributed by atoms with E-state index in [4.69, 9.17) is 11.5 Å². The van der Waals surface area contributed by atoms with Gasteiger partial charge in [-0.05, 0) is 11.8 Å². The summed E-state index contributed by atoms with van der Waals surface area (Å²) in [4.78, 5) is 10.2. The number of rotatable bonds is 3. The van der Waals surface area contributed by atoms with Crippen molar-refractivity contribution in [2.24, 2.45) is 16.9 Å². The monoisotopic (exact) mass is 174 g/mol. The standard InChI is InChI=1S/C8H18N2O2/c1-8(2,3)4-6(9)5-12-7(10)11/h6H,4-5,9H2,1-3H3,(H2,10,11)/t6-/m1/s1. The summed E-state index contributed by atoms with van der Waals surface area (Å²) in [7, 11) is 0. The van der Waals surface area contributed by atoms with Gasteiger partial charge in [-0.2, -0.15) is 0 Å². The second kappa shape index (κ2) is 4.30. The summed E-state index contributed by atoms with van der Waals surface area (Å²) in [5, 5.41) is 0. The highest BCUT2D eigenvalue weighted by molar-refractivity contribution is 5.64. The van der Waals surface area contributed by atoms with Gasteiger partial charge in [0.1, 0.15) is 6.61 Å². The van der Waals surface area contributed by atoms with Crippen LogP contribution in [-0.2, 0) is 4.74 Å². The van der Waals surface area contributed by atoms with E-state index < -0.39 is 6.09 Å². The van der Waals surface area contributed by atoms with Crippen LogP contribution < -0.4 is 11.5 Å². The Morgan fingerprint density at radius 1 is 1.50 bits per heavy atom. The van der Waals surface area contributed by atoms with Crippen molar-refractivity contribution in [3.8, 4) is 0 Å². The van der Waals surface area contributed by atoms with Crippen LogP contribution in [0.1, 0.15) is 27.2 Å². The molecule has 0 aromatic heterocycles. The molecule has 0 bridgehead atoms. The van der Waals surface area contributed by atoms with Gasteiger partial charge in [-0.25, -0.2) is 4.79 Å². The molecular formula is C8H18N2O2. The first-order valence-electron chi connectivity index (χ1n) is 3.99. The van der Waals surface area contributed by atoms with E-state index in [-0.39, 0.29) is 18.1 Å². The minimum Gasteiger partial charge on any atom is -0.448 e. The molecule has 72 valence electrons. The third kappa shape index (κ3) is 7.34. The molecular weight excluding hydrogens is 156 g/mol. The Kier molecular flexibility index (Phi) is 4.03. The molecule has 0 radical (unpaired) electrons. The molecule has 0 aliphatic heterocycles. The second-order valence-corrected chi connectivity index (χ2v) is 4.15. The Balaban J connectivity index is 3.60. The molecule has 4 nitrogen and oxygen atoms in total. The fourth-order valence-corrected chi connectivity index (χ4v) is 1.03. The molecule has 0 aliphatic rings. The fourth-order valence-electron chi connectivity index (χ4n) is 1.03. The maximum absolute atomic E-state index is 10.2. The van der Waals surface area contributed by atoms with Crippen molar-refractivity contribution in [1.82, 2.24) is 0 Å². The number of hydrogen-bond donors (Lipinski definition) is 2. The summed E-state index contributed by atoms with van der Waals surface area (Å²) in [6.45, 7) is 6.44. The van der Waals surface area contributed by atoms with Crippen LogP contribution in [0.2, 0.25) is 0 Å². The Labute approximate surface area is 73.2 Å². The van der Waals surface area contributed by atoms with Gasteiger partial charge >= 0.3 is 6.09 Å². The summed E-state index contributed by atoms with van der Waals surface area (Å²) in [5.74, 6) is 0. The molecule has 0 saturated heterocycles. The summed E-state index contributed by atoms with van der Waals surface area (Å²) in [6, 6.07) is -0.127. The summed E-state index contributed by atoms with van der Waals surface area (Å²) >= 11 is 0. The van der Waals surface area contributed by atoms with Crippen molar-refractivity contribution in [3.63, 3.8) is 0 Å². The van der Waals surface area contributed by atoms with Crippen LogP contribution in [-0.4, -0.2) is 18.7 Å². The molecule has 4 heteroatoms. The van der Waals surface area contributed by atoms with Gasteiger partial charge in [0.05, 0.1) is 0 Å². The summed E-state index contributed by atoms with van der Waals surface area (Å²) < 4.78 is 4.56. The van der Waals surface area contributed by atoms with E-state index in [2.05, 4.69) is 25.5 Å². The number of carbonyl (C=O) groups excluding carboxylic acids is 1. The van der Waals surface area contributed by atoms with Crippen molar-refractivity contribution in [2.45, 2.75) is 33.2 Å². The van der Waals surface area contributed by atoms with Gasteiger partial charge in [0.2, 0.25) is 0 Å². The smallest absolute Gasteiger partial charge is 0.404 e. The lowest BCUT2D eigenvalue weighted by atomic mass is 9.89. The minimum absolute atomic E-state index is 0.127. The van der Waals surface area contributed by atoms with Crippen molar-refractivity contribution in [3.05, 3.63) is 0 Å². The Morgan fingerprint density at radius 2 is 2.00 bits per heavy atom. The first-order chi connectivity index (χ1) is 5.31. The van der Waals surface area contributed by atoms with Gasteiger partial charge in [-0.3, -0.25) is 0 Å². The molecule has 1 atom stereocenters. The second-order valence-electron chi connectivity index (χ2n) is 4.15. The number of nitrogens with two attached hydrogens (primary N) is 2. The van der Waals surface area contributed by atoms with E-state index in [0.717, 1.165) is 6.42 Å². The van der Waals surface area contributed by atoms with Crippen LogP contribution in [0, 0.1) is 5.41 Å². The predicted molar refractivity (Wildman–Crippen MR) is 47.6 cm³/mol. The van der Waals surface area contributed by atoms with Crippen LogP contribution in [0.5, 0.6) is 0 Å². The zero-order valence-electron chi connectivity index (χ0n) is 7.96. The quantitative estimate of drug-likeness (QED) is 0.665. The zero-order valence-corrected chi connectivity index (χ0v) is 7.96. The van der Waals surface area contributed by atoms with Gasteiger partial charge in [-0.15, -0.1) is 0 Å². The highest BCUT2D eigenvalue weighted by atomic mass is 16.5. The summed E-state index contributed by atoms with van der Waals surface area (Å²) in [6.07, 6.45) is 0.0414. The Bertz CT molecular complexity index is 152. The minimum atomic E-state index is -0.764. The number of carbonyl (C=O) groups is 1. The normalized spacial score (nSPS) is 14.0. The average molecular weight is 174 g/mol. The molecule has 0 rings (SSSR count). The van der Waals surface area contributed by atoms with E-state index in [1.54, 1.807) is 0 Å². The number of primary amides is 1. The topological polar surface area (TPSA) is 78.3 Å². The molecule has 0 heterocycles. The van der Waals surface area contributed by atoms with Crippen LogP contribution in [0.25, 0.3) is 0 Å². The highest BCUT2D eigenvalue weighted by Gasteiger charge is 2.16. The molecule has 0 aromatic rings. The highest BCUT2D eigenvalue weighted by Crippen LogP contribution is 2.19. The SMILES string of the molecule is CC(C)(C)C[C@@H](N)COC(N)=O. The molecule has 0 aromatic carbocycles. The molecule has 12 heavy (non-hydrogen) atoms. The Hall–Kier alpha value is -0.770. The maximum atomic E-state index is 10.2. The fraction of sp³-hybridized carbons (Fsp3) is 0.875. The van der Waals surface area contributed by atoms with E-state index in [0.29, 0.717) is 0 Å². The van der Waals surface area contributed by atoms with Crippen molar-refractivity contribution >= 4 is 6.09 Å². The van der Waals surface area contributed by atoms with Crippen LogP contribution in [0.15, 0.2) is 0 Å². The summed E-state index contributed by atoms with van der Waals surface area (Å²) in [5.41, 5.74) is 10.6. The molecule has 4 N–H and O–H groups in total. The van der Waals surface area contributed by atoms with E-state index in [1.165, 1.54) is 0 Å². The van der Waals surface area contributed by atoms with E-state index in [9.17, 15) is 4.79 Å². The van der Waals surface area contributed by atoms with E-state index >= 15 is 0 Å². The van der Waals surface area contributed by atoms with Crippen LogP contribution >= 0.6 is 0 Å². The first kappa shape index (κ1) is 11.2. The van der Waals surface area contributed by atoms with Gasteiger partial charge < -0.3 is 16.2 Å². The van der Waals surface area contributed by atoms with Gasteiger partial charge in [0, 0.05) is 6.04 Å². The maximum Gasteiger partial charge on any atom is 0.404 e. The first-order valence-corrected chi connectivity index (χ1v) is 3.99.